The van der Waals surface area contributed by atoms with Crippen LogP contribution in [0.5, 0.6) is 0 Å². The fourth-order valence-corrected chi connectivity index (χ4v) is 1.75. The summed E-state index contributed by atoms with van der Waals surface area (Å²) >= 11 is 0. The first-order valence-electron chi connectivity index (χ1n) is 6.54. The molecule has 3 nitrogen and oxygen atoms in total. The first-order valence-corrected chi connectivity index (χ1v) is 6.54. The van der Waals surface area contributed by atoms with Crippen LogP contribution in [0.25, 0.3) is 0 Å². The van der Waals surface area contributed by atoms with E-state index in [-0.39, 0.29) is 11.5 Å². The minimum Gasteiger partial charge on any atom is -0.466 e. The smallest absolute Gasteiger partial charge is 0.307 e. The molecule has 0 aliphatic heterocycles. The number of rotatable bonds is 7. The highest BCUT2D eigenvalue weighted by molar-refractivity contribution is 5.70. The summed E-state index contributed by atoms with van der Waals surface area (Å²) in [4.78, 5) is 11.6. The maximum absolute atomic E-state index is 11.6. The first-order chi connectivity index (χ1) is 8.59. The Morgan fingerprint density at radius 1 is 1.28 bits per heavy atom. The van der Waals surface area contributed by atoms with Crippen molar-refractivity contribution >= 4 is 5.97 Å². The lowest BCUT2D eigenvalue weighted by Crippen LogP contribution is -2.43. The van der Waals surface area contributed by atoms with Crippen LogP contribution in [0.3, 0.4) is 0 Å². The molecule has 1 atom stereocenters. The standard InChI is InChI=1S/C15H23NO2/c1-4-15(3,11-14(17)18-5-2)16-12-13-9-7-6-8-10-13/h6-10,16H,4-5,11-12H2,1-3H3. The van der Waals surface area contributed by atoms with Gasteiger partial charge in [-0.25, -0.2) is 0 Å². The van der Waals surface area contributed by atoms with Crippen LogP contribution in [-0.2, 0) is 16.1 Å². The van der Waals surface area contributed by atoms with E-state index in [9.17, 15) is 4.79 Å². The molecular formula is C15H23NO2. The Hall–Kier alpha value is -1.35. The number of nitrogens with one attached hydrogen (secondary N) is 1. The summed E-state index contributed by atoms with van der Waals surface area (Å²) in [7, 11) is 0. The van der Waals surface area contributed by atoms with E-state index in [1.165, 1.54) is 5.56 Å². The molecule has 0 heterocycles. The van der Waals surface area contributed by atoms with Gasteiger partial charge in [0.25, 0.3) is 0 Å². The molecule has 1 aromatic carbocycles. The van der Waals surface area contributed by atoms with Crippen LogP contribution in [-0.4, -0.2) is 18.1 Å². The van der Waals surface area contributed by atoms with Crippen molar-refractivity contribution in [3.8, 4) is 0 Å². The van der Waals surface area contributed by atoms with Crippen molar-refractivity contribution in [2.75, 3.05) is 6.61 Å². The molecule has 1 rings (SSSR count). The van der Waals surface area contributed by atoms with E-state index in [0.717, 1.165) is 13.0 Å². The Morgan fingerprint density at radius 3 is 2.50 bits per heavy atom. The highest BCUT2D eigenvalue weighted by atomic mass is 16.5. The Kier molecular flexibility index (Phi) is 5.86. The number of benzene rings is 1. The van der Waals surface area contributed by atoms with Gasteiger partial charge in [0.1, 0.15) is 0 Å². The van der Waals surface area contributed by atoms with Crippen molar-refractivity contribution in [2.24, 2.45) is 0 Å². The molecule has 0 bridgehead atoms. The van der Waals surface area contributed by atoms with Crippen molar-refractivity contribution < 1.29 is 9.53 Å². The minimum absolute atomic E-state index is 0.137. The molecule has 0 aliphatic rings. The average Bonchev–Trinajstić information content (AvgIpc) is 2.38. The number of ether oxygens (including phenoxy) is 1. The number of hydrogen-bond donors (Lipinski definition) is 1. The maximum atomic E-state index is 11.6. The van der Waals surface area contributed by atoms with E-state index >= 15 is 0 Å². The van der Waals surface area contributed by atoms with Crippen molar-refractivity contribution in [1.29, 1.82) is 0 Å². The largest absolute Gasteiger partial charge is 0.466 e. The fraction of sp³-hybridized carbons (Fsp3) is 0.533. The highest BCUT2D eigenvalue weighted by Crippen LogP contribution is 2.16. The zero-order valence-corrected chi connectivity index (χ0v) is 11.5. The topological polar surface area (TPSA) is 38.3 Å². The van der Waals surface area contributed by atoms with Gasteiger partial charge in [-0.15, -0.1) is 0 Å². The van der Waals surface area contributed by atoms with Crippen molar-refractivity contribution in [1.82, 2.24) is 5.32 Å². The monoisotopic (exact) mass is 249 g/mol. The van der Waals surface area contributed by atoms with E-state index in [0.29, 0.717) is 13.0 Å². The molecule has 0 fully saturated rings. The van der Waals surface area contributed by atoms with Gasteiger partial charge in [-0.3, -0.25) is 4.79 Å². The number of hydrogen-bond acceptors (Lipinski definition) is 3. The lowest BCUT2D eigenvalue weighted by Gasteiger charge is -2.29. The van der Waals surface area contributed by atoms with Gasteiger partial charge in [-0.05, 0) is 25.8 Å². The Balaban J connectivity index is 2.52. The van der Waals surface area contributed by atoms with Crippen LogP contribution in [0.2, 0.25) is 0 Å². The SMILES string of the molecule is CCOC(=O)CC(C)(CC)NCc1ccccc1. The van der Waals surface area contributed by atoms with Crippen LogP contribution in [0, 0.1) is 0 Å². The van der Waals surface area contributed by atoms with Gasteiger partial charge in [0, 0.05) is 12.1 Å². The third-order valence-corrected chi connectivity index (χ3v) is 3.18. The molecule has 100 valence electrons. The second-order valence-electron chi connectivity index (χ2n) is 4.74. The molecule has 1 aromatic rings. The molecule has 1 N–H and O–H groups in total. The van der Waals surface area contributed by atoms with Gasteiger partial charge >= 0.3 is 5.97 Å². The third kappa shape index (κ3) is 4.88. The first kappa shape index (κ1) is 14.7. The molecule has 0 saturated heterocycles. The third-order valence-electron chi connectivity index (χ3n) is 3.18. The van der Waals surface area contributed by atoms with E-state index in [4.69, 9.17) is 4.74 Å². The normalized spacial score (nSPS) is 13.9. The van der Waals surface area contributed by atoms with E-state index in [1.807, 2.05) is 25.1 Å². The van der Waals surface area contributed by atoms with E-state index < -0.39 is 0 Å². The average molecular weight is 249 g/mol. The summed E-state index contributed by atoms with van der Waals surface area (Å²) in [6.45, 7) is 7.19. The number of esters is 1. The van der Waals surface area contributed by atoms with Gasteiger partial charge in [0.05, 0.1) is 13.0 Å². The number of carbonyl (C=O) groups excluding carboxylic acids is 1. The molecular weight excluding hydrogens is 226 g/mol. The molecule has 0 radical (unpaired) electrons. The number of carbonyl (C=O) groups is 1. The zero-order chi connectivity index (χ0) is 13.4. The van der Waals surface area contributed by atoms with E-state index in [1.54, 1.807) is 0 Å². The molecule has 0 amide bonds. The summed E-state index contributed by atoms with van der Waals surface area (Å²) in [6, 6.07) is 10.2. The van der Waals surface area contributed by atoms with Crippen LogP contribution in [0.1, 0.15) is 39.2 Å². The zero-order valence-electron chi connectivity index (χ0n) is 11.5. The van der Waals surface area contributed by atoms with Gasteiger partial charge in [-0.1, -0.05) is 37.3 Å². The van der Waals surface area contributed by atoms with Gasteiger partial charge < -0.3 is 10.1 Å². The second-order valence-corrected chi connectivity index (χ2v) is 4.74. The summed E-state index contributed by atoms with van der Waals surface area (Å²) in [5.74, 6) is -0.137. The predicted octanol–water partition coefficient (Wildman–Crippen LogP) is 2.90. The maximum Gasteiger partial charge on any atom is 0.307 e. The molecule has 1 unspecified atom stereocenters. The Morgan fingerprint density at radius 2 is 1.94 bits per heavy atom. The summed E-state index contributed by atoms with van der Waals surface area (Å²) in [6.07, 6.45) is 1.29. The highest BCUT2D eigenvalue weighted by Gasteiger charge is 2.25. The van der Waals surface area contributed by atoms with E-state index in [2.05, 4.69) is 31.3 Å². The molecule has 0 aromatic heterocycles. The Labute approximate surface area is 110 Å². The van der Waals surface area contributed by atoms with Crippen LogP contribution in [0.4, 0.5) is 0 Å². The summed E-state index contributed by atoms with van der Waals surface area (Å²) in [5, 5.41) is 3.45. The van der Waals surface area contributed by atoms with Crippen molar-refractivity contribution in [3.63, 3.8) is 0 Å². The van der Waals surface area contributed by atoms with Gasteiger partial charge in [0.2, 0.25) is 0 Å². The van der Waals surface area contributed by atoms with Gasteiger partial charge in [0.15, 0.2) is 0 Å². The second kappa shape index (κ2) is 7.17. The quantitative estimate of drug-likeness (QED) is 0.755. The predicted molar refractivity (Wildman–Crippen MR) is 73.2 cm³/mol. The van der Waals surface area contributed by atoms with Gasteiger partial charge in [-0.2, -0.15) is 0 Å². The molecule has 18 heavy (non-hydrogen) atoms. The van der Waals surface area contributed by atoms with Crippen LogP contribution >= 0.6 is 0 Å². The van der Waals surface area contributed by atoms with Crippen LogP contribution in [0.15, 0.2) is 30.3 Å². The fourth-order valence-electron chi connectivity index (χ4n) is 1.75. The lowest BCUT2D eigenvalue weighted by atomic mass is 9.94. The molecule has 0 aliphatic carbocycles. The van der Waals surface area contributed by atoms with Crippen molar-refractivity contribution in [3.05, 3.63) is 35.9 Å². The molecule has 0 spiro atoms. The summed E-state index contributed by atoms with van der Waals surface area (Å²) < 4.78 is 5.01. The Bertz CT molecular complexity index is 364. The lowest BCUT2D eigenvalue weighted by molar-refractivity contribution is -0.144. The summed E-state index contributed by atoms with van der Waals surface area (Å²) in [5.41, 5.74) is 1.02. The molecule has 0 saturated carbocycles. The van der Waals surface area contributed by atoms with Crippen LogP contribution < -0.4 is 5.32 Å². The minimum atomic E-state index is -0.206. The molecule has 3 heteroatoms. The van der Waals surface area contributed by atoms with Crippen molar-refractivity contribution in [2.45, 2.75) is 45.7 Å².